The van der Waals surface area contributed by atoms with Crippen molar-refractivity contribution in [2.45, 2.75) is 20.8 Å². The second-order valence-electron chi connectivity index (χ2n) is 5.91. The largest absolute Gasteiger partial charge is 0.833 e. The highest BCUT2D eigenvalue weighted by molar-refractivity contribution is 5.89. The molecule has 0 aliphatic heterocycles. The number of carbonyl (C=O) groups is 1. The van der Waals surface area contributed by atoms with Gasteiger partial charge in [-0.1, -0.05) is 0 Å². The lowest BCUT2D eigenvalue weighted by Crippen LogP contribution is -2.22. The van der Waals surface area contributed by atoms with Crippen LogP contribution in [0, 0.1) is 13.8 Å². The van der Waals surface area contributed by atoms with E-state index in [1.165, 1.54) is 4.40 Å². The van der Waals surface area contributed by atoms with Crippen LogP contribution in [0.1, 0.15) is 28.7 Å². The van der Waals surface area contributed by atoms with Crippen LogP contribution in [0.25, 0.3) is 22.2 Å². The Morgan fingerprint density at radius 2 is 2.08 bits per heavy atom. The van der Waals surface area contributed by atoms with Gasteiger partial charge in [-0.15, -0.1) is 4.98 Å². The molecule has 0 radical (unpaired) electrons. The standard InChI is InChI=1S/C18H16N4O3/c1-4-25-17(23)14-8-12-9-21-15(22(12)18(24)20-14)6-5-13-10(2)7-11(3)19-16(13)21/h5-9H,4H2,1-3H3. The van der Waals surface area contributed by atoms with Crippen molar-refractivity contribution >= 4 is 28.2 Å². The number of fused-ring (bicyclic) bond motifs is 5. The quantitative estimate of drug-likeness (QED) is 0.409. The molecule has 0 bridgehead atoms. The maximum Gasteiger partial charge on any atom is 0.357 e. The monoisotopic (exact) mass is 336 g/mol. The number of hydrogen-bond acceptors (Lipinski definition) is 5. The van der Waals surface area contributed by atoms with Gasteiger partial charge in [-0.05, 0) is 38.5 Å². The van der Waals surface area contributed by atoms with E-state index >= 15 is 0 Å². The molecule has 0 fully saturated rings. The van der Waals surface area contributed by atoms with Crippen LogP contribution in [0.4, 0.5) is 0 Å². The first-order valence-corrected chi connectivity index (χ1v) is 7.98. The van der Waals surface area contributed by atoms with Crippen molar-refractivity contribution in [2.75, 3.05) is 6.61 Å². The van der Waals surface area contributed by atoms with Gasteiger partial charge >= 0.3 is 5.97 Å². The van der Waals surface area contributed by atoms with Crippen molar-refractivity contribution in [3.8, 4) is 6.01 Å². The first-order chi connectivity index (χ1) is 12.0. The molecular formula is C18H16N4O3. The Bertz CT molecular complexity index is 1160. The fraction of sp³-hybridized carbons (Fsp3) is 0.222. The maximum atomic E-state index is 12.5. The number of ether oxygens (including phenoxy) is 1. The molecule has 4 heterocycles. The number of imidazole rings is 1. The van der Waals surface area contributed by atoms with Gasteiger partial charge in [-0.3, -0.25) is 0 Å². The first kappa shape index (κ1) is 15.3. The molecule has 0 aliphatic carbocycles. The van der Waals surface area contributed by atoms with Gasteiger partial charge in [0.15, 0.2) is 5.69 Å². The number of pyridine rings is 2. The Labute approximate surface area is 143 Å². The van der Waals surface area contributed by atoms with E-state index in [2.05, 4.69) is 9.97 Å². The zero-order valence-corrected chi connectivity index (χ0v) is 14.1. The van der Waals surface area contributed by atoms with Crippen molar-refractivity contribution in [3.63, 3.8) is 0 Å². The Balaban J connectivity index is 2.08. The SMILES string of the molecule is CCOC(=O)c1cc2c[n+]3c4nc(C)cc(C)c4ccc3n2c([O-])n1. The van der Waals surface area contributed by atoms with E-state index in [9.17, 15) is 9.90 Å². The molecule has 0 unspecified atom stereocenters. The topological polar surface area (TPSA) is 83.7 Å². The summed E-state index contributed by atoms with van der Waals surface area (Å²) in [6.45, 7) is 5.89. The molecule has 0 saturated carbocycles. The zero-order valence-electron chi connectivity index (χ0n) is 14.1. The molecule has 7 nitrogen and oxygen atoms in total. The molecule has 0 amide bonds. The zero-order chi connectivity index (χ0) is 17.7. The molecular weight excluding hydrogens is 320 g/mol. The van der Waals surface area contributed by atoms with Crippen molar-refractivity contribution < 1.29 is 19.0 Å². The van der Waals surface area contributed by atoms with E-state index < -0.39 is 12.0 Å². The summed E-state index contributed by atoms with van der Waals surface area (Å²) >= 11 is 0. The average molecular weight is 336 g/mol. The molecule has 126 valence electrons. The second kappa shape index (κ2) is 5.41. The van der Waals surface area contributed by atoms with E-state index in [1.807, 2.05) is 36.4 Å². The van der Waals surface area contributed by atoms with Gasteiger partial charge in [-0.2, -0.15) is 4.40 Å². The summed E-state index contributed by atoms with van der Waals surface area (Å²) in [5.74, 6) is -0.605. The third-order valence-electron chi connectivity index (χ3n) is 4.17. The lowest BCUT2D eigenvalue weighted by atomic mass is 10.1. The van der Waals surface area contributed by atoms with Crippen molar-refractivity contribution in [3.05, 3.63) is 47.4 Å². The Morgan fingerprint density at radius 1 is 1.28 bits per heavy atom. The number of aromatic nitrogens is 4. The number of aryl methyl sites for hydroxylation is 2. The minimum absolute atomic E-state index is 0.00684. The molecule has 0 saturated heterocycles. The van der Waals surface area contributed by atoms with Crippen LogP contribution in [-0.2, 0) is 4.74 Å². The Kier molecular flexibility index (Phi) is 3.31. The summed E-state index contributed by atoms with van der Waals surface area (Å²) in [5, 5.41) is 13.5. The molecule has 4 aromatic rings. The molecule has 0 aliphatic rings. The molecule has 25 heavy (non-hydrogen) atoms. The molecule has 0 N–H and O–H groups in total. The van der Waals surface area contributed by atoms with Crippen molar-refractivity contribution in [1.29, 1.82) is 0 Å². The predicted octanol–water partition coefficient (Wildman–Crippen LogP) is 1.49. The van der Waals surface area contributed by atoms with Crippen molar-refractivity contribution in [1.82, 2.24) is 14.4 Å². The normalized spacial score (nSPS) is 11.5. The van der Waals surface area contributed by atoms with Crippen LogP contribution in [0.5, 0.6) is 6.01 Å². The highest BCUT2D eigenvalue weighted by Gasteiger charge is 2.19. The third-order valence-corrected chi connectivity index (χ3v) is 4.17. The third kappa shape index (κ3) is 2.27. The summed E-state index contributed by atoms with van der Waals surface area (Å²) in [6, 6.07) is 6.85. The summed E-state index contributed by atoms with van der Waals surface area (Å²) < 4.78 is 8.25. The molecule has 4 rings (SSSR count). The second-order valence-corrected chi connectivity index (χ2v) is 5.91. The van der Waals surface area contributed by atoms with Crippen molar-refractivity contribution in [2.24, 2.45) is 0 Å². The molecule has 0 aromatic carbocycles. The van der Waals surface area contributed by atoms with E-state index in [4.69, 9.17) is 4.74 Å². The van der Waals surface area contributed by atoms with Gasteiger partial charge < -0.3 is 9.84 Å². The molecule has 4 aromatic heterocycles. The number of carbonyl (C=O) groups excluding carboxylic acids is 1. The lowest BCUT2D eigenvalue weighted by molar-refractivity contribution is -0.482. The fourth-order valence-electron chi connectivity index (χ4n) is 3.14. The number of rotatable bonds is 2. The van der Waals surface area contributed by atoms with Crippen LogP contribution in [-0.4, -0.2) is 26.9 Å². The van der Waals surface area contributed by atoms with E-state index in [0.29, 0.717) is 11.2 Å². The van der Waals surface area contributed by atoms with Gasteiger partial charge in [0.1, 0.15) is 23.4 Å². The summed E-state index contributed by atoms with van der Waals surface area (Å²) in [6.07, 6.45) is 1.79. The van der Waals surface area contributed by atoms with Gasteiger partial charge in [-0.25, -0.2) is 14.2 Å². The van der Waals surface area contributed by atoms with Crippen LogP contribution < -0.4 is 9.51 Å². The molecule has 0 atom stereocenters. The highest BCUT2D eigenvalue weighted by atomic mass is 16.5. The van der Waals surface area contributed by atoms with E-state index in [1.54, 1.807) is 19.2 Å². The average Bonchev–Trinajstić information content (AvgIpc) is 2.94. The molecule has 7 heteroatoms. The first-order valence-electron chi connectivity index (χ1n) is 7.98. The van der Waals surface area contributed by atoms with Gasteiger partial charge in [0, 0.05) is 12.1 Å². The van der Waals surface area contributed by atoms with E-state index in [0.717, 1.165) is 22.3 Å². The lowest BCUT2D eigenvalue weighted by Gasteiger charge is -2.07. The Morgan fingerprint density at radius 3 is 2.84 bits per heavy atom. The van der Waals surface area contributed by atoms with Gasteiger partial charge in [0.05, 0.1) is 12.0 Å². The number of nitrogens with zero attached hydrogens (tertiary/aromatic N) is 4. The Hall–Kier alpha value is -3.22. The molecule has 0 spiro atoms. The minimum atomic E-state index is -0.605. The number of hydrogen-bond donors (Lipinski definition) is 0. The van der Waals surface area contributed by atoms with Crippen LogP contribution in [0.3, 0.4) is 0 Å². The predicted molar refractivity (Wildman–Crippen MR) is 88.5 cm³/mol. The summed E-state index contributed by atoms with van der Waals surface area (Å²) in [7, 11) is 0. The van der Waals surface area contributed by atoms with Gasteiger partial charge in [0.25, 0.3) is 5.65 Å². The van der Waals surface area contributed by atoms with Crippen LogP contribution in [0.2, 0.25) is 0 Å². The van der Waals surface area contributed by atoms with E-state index in [-0.39, 0.29) is 12.3 Å². The summed E-state index contributed by atoms with van der Waals surface area (Å²) in [5.41, 5.74) is 3.99. The number of esters is 1. The summed E-state index contributed by atoms with van der Waals surface area (Å²) in [4.78, 5) is 20.4. The highest BCUT2D eigenvalue weighted by Crippen LogP contribution is 2.20. The van der Waals surface area contributed by atoms with Crippen LogP contribution in [0.15, 0.2) is 30.5 Å². The van der Waals surface area contributed by atoms with Crippen LogP contribution >= 0.6 is 0 Å². The minimum Gasteiger partial charge on any atom is -0.833 e. The smallest absolute Gasteiger partial charge is 0.357 e. The maximum absolute atomic E-state index is 12.5. The van der Waals surface area contributed by atoms with Gasteiger partial charge in [0.2, 0.25) is 5.65 Å². The fourth-order valence-corrected chi connectivity index (χ4v) is 3.14.